The quantitative estimate of drug-likeness (QED) is 0.735. The molecule has 2 aromatic rings. The van der Waals surface area contributed by atoms with Gasteiger partial charge in [0.25, 0.3) is 0 Å². The van der Waals surface area contributed by atoms with Crippen LogP contribution in [-0.2, 0) is 9.59 Å². The first-order valence-corrected chi connectivity index (χ1v) is 6.56. The van der Waals surface area contributed by atoms with Gasteiger partial charge in [0.1, 0.15) is 13.0 Å². The predicted molar refractivity (Wildman–Crippen MR) is 76.3 cm³/mol. The van der Waals surface area contributed by atoms with Gasteiger partial charge in [-0.1, -0.05) is 12.1 Å². The van der Waals surface area contributed by atoms with Crippen LogP contribution in [0, 0.1) is 0 Å². The Morgan fingerprint density at radius 2 is 1.96 bits per heavy atom. The summed E-state index contributed by atoms with van der Waals surface area (Å²) in [6, 6.07) is 6.77. The smallest absolute Gasteiger partial charge is 0.347 e. The van der Waals surface area contributed by atoms with Crippen molar-refractivity contribution in [2.45, 2.75) is 12.6 Å². The van der Waals surface area contributed by atoms with Crippen LogP contribution in [0.5, 0.6) is 0 Å². The molecule has 0 spiro atoms. The average Bonchev–Trinajstić information content (AvgIpc) is 2.99. The lowest BCUT2D eigenvalue weighted by molar-refractivity contribution is -0.140. The number of carbonyl (C=O) groups is 2. The number of nitrogens with one attached hydrogen (secondary N) is 3. The number of alkyl halides is 3. The summed E-state index contributed by atoms with van der Waals surface area (Å²) in [6.07, 6.45) is -1.92. The highest BCUT2D eigenvalue weighted by atomic mass is 19.4. The fraction of sp³-hybridized carbons (Fsp3) is 0.214. The zero-order valence-corrected chi connectivity index (χ0v) is 11.8. The summed E-state index contributed by atoms with van der Waals surface area (Å²) in [5.41, 5.74) is 2.03. The fourth-order valence-corrected chi connectivity index (χ4v) is 1.80. The van der Waals surface area contributed by atoms with E-state index in [9.17, 15) is 22.8 Å². The number of nitrogens with zero attached hydrogens (tertiary/aromatic N) is 1. The Labute approximate surface area is 129 Å². The van der Waals surface area contributed by atoms with Crippen LogP contribution in [0.25, 0.3) is 11.1 Å². The van der Waals surface area contributed by atoms with Gasteiger partial charge in [-0.2, -0.15) is 18.3 Å². The molecule has 1 aromatic carbocycles. The minimum Gasteiger partial charge on any atom is -0.347 e. The van der Waals surface area contributed by atoms with E-state index in [0.717, 1.165) is 11.1 Å². The molecule has 3 N–H and O–H groups in total. The summed E-state index contributed by atoms with van der Waals surface area (Å²) < 4.78 is 35.9. The molecule has 0 aliphatic heterocycles. The van der Waals surface area contributed by atoms with Gasteiger partial charge in [0.05, 0.1) is 6.20 Å². The van der Waals surface area contributed by atoms with Gasteiger partial charge in [-0.25, -0.2) is 0 Å². The van der Waals surface area contributed by atoms with Crippen molar-refractivity contribution in [2.24, 2.45) is 0 Å². The van der Waals surface area contributed by atoms with E-state index < -0.39 is 31.0 Å². The number of amides is 2. The van der Waals surface area contributed by atoms with Gasteiger partial charge in [0.2, 0.25) is 11.8 Å². The normalized spacial score (nSPS) is 11.1. The number of rotatable bonds is 5. The van der Waals surface area contributed by atoms with Gasteiger partial charge in [0.15, 0.2) is 0 Å². The van der Waals surface area contributed by atoms with Gasteiger partial charge in [-0.3, -0.25) is 14.7 Å². The second-order valence-electron chi connectivity index (χ2n) is 4.68. The summed E-state index contributed by atoms with van der Waals surface area (Å²) in [7, 11) is 0. The second-order valence-corrected chi connectivity index (χ2v) is 4.68. The molecule has 0 fully saturated rings. The second kappa shape index (κ2) is 6.95. The largest absolute Gasteiger partial charge is 0.405 e. The van der Waals surface area contributed by atoms with Crippen molar-refractivity contribution in [3.05, 3.63) is 36.7 Å². The third-order valence-electron chi connectivity index (χ3n) is 2.79. The van der Waals surface area contributed by atoms with Crippen LogP contribution in [0.3, 0.4) is 0 Å². The van der Waals surface area contributed by atoms with Gasteiger partial charge < -0.3 is 10.6 Å². The molecule has 23 heavy (non-hydrogen) atoms. The van der Waals surface area contributed by atoms with Crippen molar-refractivity contribution in [3.63, 3.8) is 0 Å². The maximum atomic E-state index is 12.0. The van der Waals surface area contributed by atoms with Crippen molar-refractivity contribution >= 4 is 17.5 Å². The molecule has 0 unspecified atom stereocenters. The fourth-order valence-electron chi connectivity index (χ4n) is 1.80. The zero-order valence-electron chi connectivity index (χ0n) is 11.8. The number of hydrogen-bond acceptors (Lipinski definition) is 3. The summed E-state index contributed by atoms with van der Waals surface area (Å²) in [6.45, 7) is -1.46. The van der Waals surface area contributed by atoms with Gasteiger partial charge in [0, 0.05) is 17.4 Å². The number of anilines is 1. The van der Waals surface area contributed by atoms with E-state index in [1.54, 1.807) is 42.0 Å². The number of aromatic nitrogens is 2. The van der Waals surface area contributed by atoms with Crippen LogP contribution in [-0.4, -0.2) is 34.7 Å². The maximum absolute atomic E-state index is 12.0. The Kier molecular flexibility index (Phi) is 4.99. The summed E-state index contributed by atoms with van der Waals surface area (Å²) in [4.78, 5) is 22.9. The highest BCUT2D eigenvalue weighted by molar-refractivity contribution is 6.03. The first kappa shape index (κ1) is 16.5. The summed E-state index contributed by atoms with van der Waals surface area (Å²) >= 11 is 0. The Morgan fingerprint density at radius 3 is 2.61 bits per heavy atom. The van der Waals surface area contributed by atoms with E-state index in [1.807, 2.05) is 0 Å². The number of carbonyl (C=O) groups excluding carboxylic acids is 2. The summed E-state index contributed by atoms with van der Waals surface area (Å²) in [5.74, 6) is -1.69. The van der Waals surface area contributed by atoms with Crippen LogP contribution in [0.1, 0.15) is 6.42 Å². The van der Waals surface area contributed by atoms with Gasteiger partial charge >= 0.3 is 6.18 Å². The number of benzene rings is 1. The molecule has 0 saturated carbocycles. The maximum Gasteiger partial charge on any atom is 0.405 e. The molecular weight excluding hydrogens is 313 g/mol. The monoisotopic (exact) mass is 326 g/mol. The zero-order chi connectivity index (χ0) is 16.9. The van der Waals surface area contributed by atoms with Crippen LogP contribution in [0.4, 0.5) is 18.9 Å². The molecule has 2 rings (SSSR count). The van der Waals surface area contributed by atoms with Crippen molar-refractivity contribution in [2.75, 3.05) is 11.9 Å². The average molecular weight is 326 g/mol. The van der Waals surface area contributed by atoms with E-state index in [2.05, 4.69) is 15.5 Å². The molecule has 0 atom stereocenters. The Morgan fingerprint density at radius 1 is 1.17 bits per heavy atom. The lowest BCUT2D eigenvalue weighted by Crippen LogP contribution is -2.35. The molecule has 0 bridgehead atoms. The number of hydrogen-bond donors (Lipinski definition) is 3. The Bertz CT molecular complexity index is 684. The molecule has 0 radical (unpaired) electrons. The van der Waals surface area contributed by atoms with Gasteiger partial charge in [-0.05, 0) is 17.7 Å². The van der Waals surface area contributed by atoms with E-state index in [4.69, 9.17) is 0 Å². The Hall–Kier alpha value is -2.84. The van der Waals surface area contributed by atoms with Crippen LogP contribution in [0.2, 0.25) is 0 Å². The number of H-pyrrole nitrogens is 1. The number of aromatic amines is 1. The standard InChI is InChI=1S/C14H13F3N4O2/c15-14(16,17)8-18-12(22)5-13(23)21-11-3-1-2-9(4-11)10-6-19-20-7-10/h1-4,6-7H,5,8H2,(H,18,22)(H,19,20)(H,21,23). The molecule has 122 valence electrons. The van der Waals surface area contributed by atoms with Crippen molar-refractivity contribution in [3.8, 4) is 11.1 Å². The number of halogens is 3. The molecular formula is C14H13F3N4O2. The SMILES string of the molecule is O=C(CC(=O)Nc1cccc(-c2cn[nH]c2)c1)NCC(F)(F)F. The van der Waals surface area contributed by atoms with Crippen molar-refractivity contribution in [1.29, 1.82) is 0 Å². The minimum absolute atomic E-state index is 0.428. The van der Waals surface area contributed by atoms with E-state index >= 15 is 0 Å². The van der Waals surface area contributed by atoms with Crippen molar-refractivity contribution < 1.29 is 22.8 Å². The van der Waals surface area contributed by atoms with Crippen LogP contribution < -0.4 is 10.6 Å². The lowest BCUT2D eigenvalue weighted by Gasteiger charge is -2.09. The topological polar surface area (TPSA) is 86.9 Å². The highest BCUT2D eigenvalue weighted by Gasteiger charge is 2.27. The van der Waals surface area contributed by atoms with E-state index in [1.165, 1.54) is 0 Å². The third-order valence-corrected chi connectivity index (χ3v) is 2.79. The predicted octanol–water partition coefficient (Wildman–Crippen LogP) is 2.08. The molecule has 0 aliphatic carbocycles. The van der Waals surface area contributed by atoms with Crippen molar-refractivity contribution in [1.82, 2.24) is 15.5 Å². The minimum atomic E-state index is -4.51. The van der Waals surface area contributed by atoms with Gasteiger partial charge in [-0.15, -0.1) is 0 Å². The first-order chi connectivity index (χ1) is 10.8. The molecule has 9 heteroatoms. The molecule has 1 aromatic heterocycles. The lowest BCUT2D eigenvalue weighted by atomic mass is 10.1. The van der Waals surface area contributed by atoms with Crippen LogP contribution in [0.15, 0.2) is 36.7 Å². The van der Waals surface area contributed by atoms with E-state index in [-0.39, 0.29) is 0 Å². The van der Waals surface area contributed by atoms with E-state index in [0.29, 0.717) is 5.69 Å². The Balaban J connectivity index is 1.90. The summed E-state index contributed by atoms with van der Waals surface area (Å²) in [5, 5.41) is 10.6. The molecule has 6 nitrogen and oxygen atoms in total. The molecule has 2 amide bonds. The molecule has 0 saturated heterocycles. The molecule has 0 aliphatic rings. The third kappa shape index (κ3) is 5.46. The highest BCUT2D eigenvalue weighted by Crippen LogP contribution is 2.21. The van der Waals surface area contributed by atoms with Crippen LogP contribution >= 0.6 is 0 Å². The molecule has 1 heterocycles. The first-order valence-electron chi connectivity index (χ1n) is 6.56.